The summed E-state index contributed by atoms with van der Waals surface area (Å²) in [6.45, 7) is 5.40. The molecule has 42 heavy (non-hydrogen) atoms. The molecule has 0 saturated carbocycles. The molecule has 9 nitrogen and oxygen atoms in total. The molecule has 220 valence electrons. The summed E-state index contributed by atoms with van der Waals surface area (Å²) in [6.07, 6.45) is -3.18. The topological polar surface area (TPSA) is 117 Å². The molecule has 1 atom stereocenters. The summed E-state index contributed by atoms with van der Waals surface area (Å²) in [6, 6.07) is 10.1. The van der Waals surface area contributed by atoms with Crippen LogP contribution in [0.2, 0.25) is 0 Å². The van der Waals surface area contributed by atoms with Gasteiger partial charge in [-0.2, -0.15) is 18.2 Å². The fourth-order valence-electron chi connectivity index (χ4n) is 4.18. The van der Waals surface area contributed by atoms with Gasteiger partial charge >= 0.3 is 14.2 Å². The third-order valence-corrected chi connectivity index (χ3v) is 7.32. The maximum Gasteiger partial charge on any atom is 0.508 e. The Morgan fingerprint density at radius 2 is 1.86 bits per heavy atom. The average molecular weight is 601 g/mol. The van der Waals surface area contributed by atoms with Crippen molar-refractivity contribution in [2.75, 3.05) is 30.5 Å². The predicted octanol–water partition coefficient (Wildman–Crippen LogP) is 6.01. The molecule has 0 spiro atoms. The number of hydrogen-bond donors (Lipinski definition) is 3. The second-order valence-corrected chi connectivity index (χ2v) is 11.5. The zero-order valence-electron chi connectivity index (χ0n) is 23.5. The van der Waals surface area contributed by atoms with Gasteiger partial charge in [0.05, 0.1) is 17.9 Å². The Hall–Kier alpha value is -4.04. The first-order valence-corrected chi connectivity index (χ1v) is 14.4. The first-order valence-electron chi connectivity index (χ1n) is 13.1. The molecule has 1 unspecified atom stereocenters. The number of anilines is 4. The summed E-state index contributed by atoms with van der Waals surface area (Å²) in [5.74, 6) is 4.57. The van der Waals surface area contributed by atoms with Gasteiger partial charge < -0.3 is 20.6 Å². The average Bonchev–Trinajstić information content (AvgIpc) is 3.21. The van der Waals surface area contributed by atoms with Crippen molar-refractivity contribution in [1.29, 1.82) is 0 Å². The van der Waals surface area contributed by atoms with Gasteiger partial charge in [0.1, 0.15) is 17.0 Å². The minimum absolute atomic E-state index is 0.0922. The molecule has 0 fully saturated rings. The number of hydrogen-bond acceptors (Lipinski definition) is 8. The van der Waals surface area contributed by atoms with E-state index in [1.807, 2.05) is 0 Å². The quantitative estimate of drug-likeness (QED) is 0.202. The first-order chi connectivity index (χ1) is 19.7. The Morgan fingerprint density at radius 3 is 2.50 bits per heavy atom. The van der Waals surface area contributed by atoms with Gasteiger partial charge in [-0.3, -0.25) is 4.79 Å². The number of aromatic nitrogens is 2. The second-order valence-electron chi connectivity index (χ2n) is 10.1. The van der Waals surface area contributed by atoms with Gasteiger partial charge in [0.2, 0.25) is 5.95 Å². The Bertz CT molecular complexity index is 1560. The van der Waals surface area contributed by atoms with Gasteiger partial charge in [0.25, 0.3) is 5.91 Å². The molecule has 0 bridgehead atoms. The smallest absolute Gasteiger partial charge is 0.378 e. The summed E-state index contributed by atoms with van der Waals surface area (Å²) in [5.41, 5.74) is 0.422. The number of fused-ring (bicyclic) bond motifs is 1. The molecule has 3 N–H and O–H groups in total. The molecule has 4 rings (SSSR count). The van der Waals surface area contributed by atoms with E-state index in [-0.39, 0.29) is 29.7 Å². The van der Waals surface area contributed by atoms with E-state index in [4.69, 9.17) is 4.52 Å². The second kappa shape index (κ2) is 12.4. The number of nitrogens with zero attached hydrogens (tertiary/aromatic N) is 3. The van der Waals surface area contributed by atoms with Crippen molar-refractivity contribution in [3.8, 4) is 11.8 Å². The van der Waals surface area contributed by atoms with Gasteiger partial charge in [-0.25, -0.2) is 4.98 Å². The maximum absolute atomic E-state index is 13.9. The summed E-state index contributed by atoms with van der Waals surface area (Å²) >= 11 is 0. The van der Waals surface area contributed by atoms with E-state index < -0.39 is 31.2 Å². The highest BCUT2D eigenvalue weighted by Gasteiger charge is 2.36. The first kappa shape index (κ1) is 30.9. The molecular weight excluding hydrogens is 570 g/mol. The monoisotopic (exact) mass is 600 g/mol. The van der Waals surface area contributed by atoms with E-state index in [0.29, 0.717) is 42.2 Å². The normalized spacial score (nSPS) is 13.4. The number of halogens is 3. The van der Waals surface area contributed by atoms with Gasteiger partial charge in [-0.15, -0.1) is 4.52 Å². The van der Waals surface area contributed by atoms with Crippen LogP contribution in [0.25, 0.3) is 0 Å². The number of aliphatic hydroxyl groups is 1. The van der Waals surface area contributed by atoms with E-state index in [2.05, 4.69) is 32.4 Å². The maximum atomic E-state index is 13.9. The van der Waals surface area contributed by atoms with E-state index >= 15 is 0 Å². The van der Waals surface area contributed by atoms with E-state index in [1.54, 1.807) is 44.3 Å². The molecule has 1 aliphatic heterocycles. The highest BCUT2D eigenvalue weighted by Crippen LogP contribution is 2.38. The van der Waals surface area contributed by atoms with E-state index in [1.165, 1.54) is 24.8 Å². The van der Waals surface area contributed by atoms with Crippen LogP contribution in [0.15, 0.2) is 42.6 Å². The summed E-state index contributed by atoms with van der Waals surface area (Å²) in [5, 5.41) is 15.6. The highest BCUT2D eigenvalue weighted by atomic mass is 31.1. The van der Waals surface area contributed by atoms with Crippen molar-refractivity contribution < 1.29 is 32.2 Å². The lowest BCUT2D eigenvalue weighted by Crippen LogP contribution is -2.18. The van der Waals surface area contributed by atoms with Gasteiger partial charge in [-0.1, -0.05) is 24.0 Å². The summed E-state index contributed by atoms with van der Waals surface area (Å²) in [4.78, 5) is 22.4. The predicted molar refractivity (Wildman–Crippen MR) is 153 cm³/mol. The third-order valence-electron chi connectivity index (χ3n) is 6.19. The zero-order valence-corrected chi connectivity index (χ0v) is 24.4. The molecule has 2 aromatic carbocycles. The van der Waals surface area contributed by atoms with Crippen molar-refractivity contribution in [3.63, 3.8) is 0 Å². The molecule has 1 aliphatic rings. The van der Waals surface area contributed by atoms with Crippen molar-refractivity contribution in [1.82, 2.24) is 14.9 Å². The SMILES string of the molecule is CCO[P+](=O)CCc1ccc(Nc2ncc(C(F)(F)F)c(Nc3ccc(C#CC(C)(C)O)c4c3C(=O)N(C)C4)n2)cc1. The fraction of sp³-hybridized carbons (Fsp3) is 0.345. The molecular formula is C29H30F3N5O4P+. The minimum Gasteiger partial charge on any atom is -0.378 e. The van der Waals surface area contributed by atoms with Crippen LogP contribution >= 0.6 is 8.03 Å². The van der Waals surface area contributed by atoms with E-state index in [9.17, 15) is 27.6 Å². The number of benzene rings is 2. The Labute approximate surface area is 242 Å². The number of rotatable bonds is 9. The molecule has 3 aromatic rings. The largest absolute Gasteiger partial charge is 0.508 e. The molecule has 1 aromatic heterocycles. The Balaban J connectivity index is 1.63. The van der Waals surface area contributed by atoms with Crippen LogP contribution in [0.3, 0.4) is 0 Å². The van der Waals surface area contributed by atoms with E-state index in [0.717, 1.165) is 5.56 Å². The van der Waals surface area contributed by atoms with Gasteiger partial charge in [0.15, 0.2) is 6.16 Å². The van der Waals surface area contributed by atoms with Crippen LogP contribution < -0.4 is 10.6 Å². The molecule has 13 heteroatoms. The number of carbonyl (C=O) groups excluding carboxylic acids is 1. The van der Waals surface area contributed by atoms with Crippen molar-refractivity contribution >= 4 is 37.1 Å². The number of aryl methyl sites for hydroxylation is 1. The third kappa shape index (κ3) is 7.62. The van der Waals surface area contributed by atoms with Crippen LogP contribution in [-0.2, 0) is 28.2 Å². The lowest BCUT2D eigenvalue weighted by atomic mass is 10.00. The zero-order chi connectivity index (χ0) is 30.7. The number of alkyl halides is 3. The van der Waals surface area contributed by atoms with Gasteiger partial charge in [0, 0.05) is 43.0 Å². The van der Waals surface area contributed by atoms with Crippen LogP contribution in [0.4, 0.5) is 36.3 Å². The number of nitrogens with one attached hydrogen (secondary N) is 2. The summed E-state index contributed by atoms with van der Waals surface area (Å²) < 4.78 is 58.6. The minimum atomic E-state index is -4.77. The standard InChI is InChI=1S/C29H29F3N5O4P/c1-5-41-42(40)15-13-18-6-9-20(10-7-18)34-27-33-16-22(29(30,31)32)25(36-27)35-23-11-8-19(12-14-28(2,3)39)21-17-37(4)26(38)24(21)23/h6-11,16,39H,5,13,15,17H2,1-4H3,(H-,33,34,35,36,38)/p+1. The molecule has 0 radical (unpaired) electrons. The van der Waals surface area contributed by atoms with Crippen LogP contribution in [0.1, 0.15) is 53.4 Å². The fourth-order valence-corrected chi connectivity index (χ4v) is 5.04. The molecule has 0 saturated heterocycles. The van der Waals surface area contributed by atoms with Crippen molar-refractivity contribution in [2.24, 2.45) is 0 Å². The van der Waals surface area contributed by atoms with Crippen molar-refractivity contribution in [2.45, 2.75) is 45.5 Å². The Kier molecular flexibility index (Phi) is 9.16. The lowest BCUT2D eigenvalue weighted by Gasteiger charge is -2.17. The highest BCUT2D eigenvalue weighted by molar-refractivity contribution is 7.39. The summed E-state index contributed by atoms with van der Waals surface area (Å²) in [7, 11) is -0.150. The number of carbonyl (C=O) groups is 1. The lowest BCUT2D eigenvalue weighted by molar-refractivity contribution is -0.137. The van der Waals surface area contributed by atoms with Crippen LogP contribution in [0, 0.1) is 11.8 Å². The number of amides is 1. The molecule has 0 aliphatic carbocycles. The van der Waals surface area contributed by atoms with Crippen LogP contribution in [0.5, 0.6) is 0 Å². The van der Waals surface area contributed by atoms with Crippen molar-refractivity contribution in [3.05, 3.63) is 70.4 Å². The van der Waals surface area contributed by atoms with Crippen LogP contribution in [-0.4, -0.2) is 51.3 Å². The molecule has 2 heterocycles. The molecule has 1 amide bonds. The Morgan fingerprint density at radius 1 is 1.14 bits per heavy atom. The van der Waals surface area contributed by atoms with Gasteiger partial charge in [-0.05, 0) is 55.2 Å².